The van der Waals surface area contributed by atoms with Crippen molar-refractivity contribution in [1.29, 1.82) is 0 Å². The second-order valence-corrected chi connectivity index (χ2v) is 4.45. The number of alkyl halides is 1. The first-order valence-corrected chi connectivity index (χ1v) is 6.45. The molecule has 0 aliphatic carbocycles. The van der Waals surface area contributed by atoms with Gasteiger partial charge in [-0.15, -0.1) is 11.6 Å². The average Bonchev–Trinajstić information content (AvgIpc) is 2.78. The number of rotatable bonds is 5. The number of hydrogen-bond acceptors (Lipinski definition) is 2. The summed E-state index contributed by atoms with van der Waals surface area (Å²) in [5.74, 6) is 1.36. The number of hydrogen-bond donors (Lipinski definition) is 0. The first-order valence-electron chi connectivity index (χ1n) is 5.91. The molecule has 18 heavy (non-hydrogen) atoms. The summed E-state index contributed by atoms with van der Waals surface area (Å²) < 4.78 is 7.64. The van der Waals surface area contributed by atoms with Gasteiger partial charge < -0.3 is 9.30 Å². The zero-order valence-electron chi connectivity index (χ0n) is 10.6. The second kappa shape index (κ2) is 6.03. The largest absolute Gasteiger partial charge is 0.361 e. The predicted molar refractivity (Wildman–Crippen MR) is 72.7 cm³/mol. The Morgan fingerprint density at radius 3 is 2.67 bits per heavy atom. The molecule has 2 aromatic rings. The first-order chi connectivity index (χ1) is 8.76. The van der Waals surface area contributed by atoms with Gasteiger partial charge in [-0.1, -0.05) is 30.3 Å². The molecule has 0 aliphatic heterocycles. The molecule has 0 amide bonds. The Labute approximate surface area is 112 Å². The van der Waals surface area contributed by atoms with Gasteiger partial charge >= 0.3 is 0 Å². The van der Waals surface area contributed by atoms with Gasteiger partial charge in [-0.3, -0.25) is 0 Å². The third-order valence-electron chi connectivity index (χ3n) is 3.01. The maximum absolute atomic E-state index is 5.93. The molecule has 1 unspecified atom stereocenters. The van der Waals surface area contributed by atoms with Gasteiger partial charge in [-0.05, 0) is 12.5 Å². The molecule has 0 radical (unpaired) electrons. The third kappa shape index (κ3) is 2.74. The summed E-state index contributed by atoms with van der Waals surface area (Å²) >= 11 is 5.93. The Morgan fingerprint density at radius 1 is 1.33 bits per heavy atom. The molecule has 3 nitrogen and oxygen atoms in total. The number of halogens is 1. The standard InChI is InChI=1S/C14H17ClN2O/c1-11-16-10-13(9-15)17(11)14(18-2)8-12-6-4-3-5-7-12/h3-7,10,14H,8-9H2,1-2H3. The molecule has 0 saturated heterocycles. The summed E-state index contributed by atoms with van der Waals surface area (Å²) in [6.07, 6.45) is 2.54. The van der Waals surface area contributed by atoms with Crippen molar-refractivity contribution < 1.29 is 4.74 Å². The molecule has 0 saturated carbocycles. The molecular formula is C14H17ClN2O. The molecule has 0 aliphatic rings. The van der Waals surface area contributed by atoms with Crippen molar-refractivity contribution in [3.63, 3.8) is 0 Å². The van der Waals surface area contributed by atoms with Crippen LogP contribution in [0.3, 0.4) is 0 Å². The fraction of sp³-hybridized carbons (Fsp3) is 0.357. The van der Waals surface area contributed by atoms with Crippen molar-refractivity contribution in [2.75, 3.05) is 7.11 Å². The van der Waals surface area contributed by atoms with Crippen molar-refractivity contribution in [3.8, 4) is 0 Å². The highest BCUT2D eigenvalue weighted by Gasteiger charge is 2.16. The van der Waals surface area contributed by atoms with Crippen LogP contribution < -0.4 is 0 Å². The highest BCUT2D eigenvalue weighted by Crippen LogP contribution is 2.20. The van der Waals surface area contributed by atoms with E-state index in [-0.39, 0.29) is 6.23 Å². The first kappa shape index (κ1) is 13.1. The van der Waals surface area contributed by atoms with Crippen LogP contribution in [0.5, 0.6) is 0 Å². The van der Waals surface area contributed by atoms with Crippen molar-refractivity contribution in [2.45, 2.75) is 25.5 Å². The zero-order valence-corrected chi connectivity index (χ0v) is 11.4. The van der Waals surface area contributed by atoms with E-state index in [9.17, 15) is 0 Å². The summed E-state index contributed by atoms with van der Waals surface area (Å²) in [7, 11) is 1.71. The Kier molecular flexibility index (Phi) is 4.39. The summed E-state index contributed by atoms with van der Waals surface area (Å²) in [5, 5.41) is 0. The Bertz CT molecular complexity index is 496. The van der Waals surface area contributed by atoms with E-state index in [1.54, 1.807) is 13.3 Å². The van der Waals surface area contributed by atoms with Gasteiger partial charge in [-0.2, -0.15) is 0 Å². The van der Waals surface area contributed by atoms with E-state index >= 15 is 0 Å². The van der Waals surface area contributed by atoms with E-state index in [0.717, 1.165) is 17.9 Å². The van der Waals surface area contributed by atoms with E-state index in [1.807, 2.05) is 25.1 Å². The van der Waals surface area contributed by atoms with Crippen LogP contribution in [0.2, 0.25) is 0 Å². The minimum absolute atomic E-state index is 0.0661. The highest BCUT2D eigenvalue weighted by atomic mass is 35.5. The lowest BCUT2D eigenvalue weighted by Gasteiger charge is -2.20. The number of ether oxygens (including phenoxy) is 1. The Balaban J connectivity index is 2.25. The fourth-order valence-corrected chi connectivity index (χ4v) is 2.29. The average molecular weight is 265 g/mol. The molecule has 1 aromatic carbocycles. The SMILES string of the molecule is COC(Cc1ccccc1)n1c(CCl)cnc1C. The van der Waals surface area contributed by atoms with Crippen molar-refractivity contribution in [2.24, 2.45) is 0 Å². The van der Waals surface area contributed by atoms with Crippen LogP contribution in [0.25, 0.3) is 0 Å². The van der Waals surface area contributed by atoms with Crippen LogP contribution in [0.15, 0.2) is 36.5 Å². The lowest BCUT2D eigenvalue weighted by molar-refractivity contribution is 0.0412. The van der Waals surface area contributed by atoms with Crippen LogP contribution >= 0.6 is 11.6 Å². The number of imidazole rings is 1. The van der Waals surface area contributed by atoms with Gasteiger partial charge in [0.25, 0.3) is 0 Å². The van der Waals surface area contributed by atoms with Crippen LogP contribution in [0.1, 0.15) is 23.3 Å². The van der Waals surface area contributed by atoms with Crippen LogP contribution in [0.4, 0.5) is 0 Å². The van der Waals surface area contributed by atoms with E-state index in [2.05, 4.69) is 21.7 Å². The smallest absolute Gasteiger partial charge is 0.138 e. The number of aryl methyl sites for hydroxylation is 1. The molecule has 0 bridgehead atoms. The van der Waals surface area contributed by atoms with E-state index in [4.69, 9.17) is 16.3 Å². The Hall–Kier alpha value is -1.32. The normalized spacial score (nSPS) is 12.6. The van der Waals surface area contributed by atoms with Crippen molar-refractivity contribution in [3.05, 3.63) is 53.6 Å². The molecular weight excluding hydrogens is 248 g/mol. The molecule has 96 valence electrons. The van der Waals surface area contributed by atoms with Crippen LogP contribution in [-0.4, -0.2) is 16.7 Å². The number of nitrogens with zero attached hydrogens (tertiary/aromatic N) is 2. The lowest BCUT2D eigenvalue weighted by atomic mass is 10.1. The highest BCUT2D eigenvalue weighted by molar-refractivity contribution is 6.16. The minimum atomic E-state index is -0.0661. The fourth-order valence-electron chi connectivity index (χ4n) is 2.09. The summed E-state index contributed by atoms with van der Waals surface area (Å²) in [6.45, 7) is 1.97. The summed E-state index contributed by atoms with van der Waals surface area (Å²) in [5.41, 5.74) is 2.22. The minimum Gasteiger partial charge on any atom is -0.361 e. The number of methoxy groups -OCH3 is 1. The van der Waals surface area contributed by atoms with Crippen LogP contribution in [-0.2, 0) is 17.0 Å². The van der Waals surface area contributed by atoms with Crippen LogP contribution in [0, 0.1) is 6.92 Å². The number of benzene rings is 1. The van der Waals surface area contributed by atoms with Gasteiger partial charge in [0, 0.05) is 19.7 Å². The molecule has 0 fully saturated rings. The molecule has 4 heteroatoms. The van der Waals surface area contributed by atoms with Gasteiger partial charge in [0.15, 0.2) is 0 Å². The van der Waals surface area contributed by atoms with Gasteiger partial charge in [-0.25, -0.2) is 4.98 Å². The van der Waals surface area contributed by atoms with Gasteiger partial charge in [0.2, 0.25) is 0 Å². The monoisotopic (exact) mass is 264 g/mol. The van der Waals surface area contributed by atoms with Crippen molar-refractivity contribution >= 4 is 11.6 Å². The zero-order chi connectivity index (χ0) is 13.0. The molecule has 1 heterocycles. The maximum Gasteiger partial charge on any atom is 0.138 e. The topological polar surface area (TPSA) is 27.1 Å². The van der Waals surface area contributed by atoms with Crippen molar-refractivity contribution in [1.82, 2.24) is 9.55 Å². The predicted octanol–water partition coefficient (Wildman–Crippen LogP) is 3.32. The molecule has 0 N–H and O–H groups in total. The molecule has 2 rings (SSSR count). The third-order valence-corrected chi connectivity index (χ3v) is 3.28. The van der Waals surface area contributed by atoms with E-state index < -0.39 is 0 Å². The summed E-state index contributed by atoms with van der Waals surface area (Å²) in [6, 6.07) is 10.3. The second-order valence-electron chi connectivity index (χ2n) is 4.18. The quantitative estimate of drug-likeness (QED) is 0.775. The Morgan fingerprint density at radius 2 is 2.06 bits per heavy atom. The van der Waals surface area contributed by atoms with Gasteiger partial charge in [0.1, 0.15) is 12.1 Å². The molecule has 1 atom stereocenters. The molecule has 0 spiro atoms. The molecule has 1 aromatic heterocycles. The maximum atomic E-state index is 5.93. The summed E-state index contributed by atoms with van der Waals surface area (Å²) in [4.78, 5) is 4.30. The van der Waals surface area contributed by atoms with E-state index in [0.29, 0.717) is 5.88 Å². The lowest BCUT2D eigenvalue weighted by Crippen LogP contribution is -2.17. The van der Waals surface area contributed by atoms with E-state index in [1.165, 1.54) is 5.56 Å². The number of aromatic nitrogens is 2. The van der Waals surface area contributed by atoms with Gasteiger partial charge in [0.05, 0.1) is 11.6 Å².